The zero-order valence-corrected chi connectivity index (χ0v) is 18.2. The highest BCUT2D eigenvalue weighted by molar-refractivity contribution is 7.09. The summed E-state index contributed by atoms with van der Waals surface area (Å²) in [5.74, 6) is 1.63. The third-order valence-corrected chi connectivity index (χ3v) is 5.99. The number of aliphatic imine (C=N–C) groups is 1. The second-order valence-electron chi connectivity index (χ2n) is 7.64. The number of aryl methyl sites for hydroxylation is 2. The van der Waals surface area contributed by atoms with Crippen molar-refractivity contribution in [3.05, 3.63) is 51.5 Å². The van der Waals surface area contributed by atoms with Crippen LogP contribution in [0.3, 0.4) is 0 Å². The monoisotopic (exact) mass is 399 g/mol. The van der Waals surface area contributed by atoms with Crippen molar-refractivity contribution in [3.8, 4) is 0 Å². The molecule has 2 heterocycles. The molecule has 2 N–H and O–H groups in total. The van der Waals surface area contributed by atoms with Gasteiger partial charge in [-0.1, -0.05) is 29.8 Å². The lowest BCUT2D eigenvalue weighted by molar-refractivity contribution is 0.176. The number of hydrogen-bond acceptors (Lipinski definition) is 4. The molecule has 0 atom stereocenters. The van der Waals surface area contributed by atoms with E-state index in [0.717, 1.165) is 43.7 Å². The number of benzene rings is 1. The van der Waals surface area contributed by atoms with Gasteiger partial charge >= 0.3 is 0 Å². The fourth-order valence-electron chi connectivity index (χ4n) is 3.62. The maximum Gasteiger partial charge on any atom is 0.191 e. The SMILES string of the molecule is CCNC(=NCc1cccc(C)c1)NCC1CCN(Cc2csc(C)n2)CC1. The predicted molar refractivity (Wildman–Crippen MR) is 119 cm³/mol. The van der Waals surface area contributed by atoms with Crippen molar-refractivity contribution in [2.45, 2.75) is 46.7 Å². The van der Waals surface area contributed by atoms with Crippen molar-refractivity contribution in [3.63, 3.8) is 0 Å². The highest BCUT2D eigenvalue weighted by atomic mass is 32.1. The summed E-state index contributed by atoms with van der Waals surface area (Å²) in [4.78, 5) is 11.9. The van der Waals surface area contributed by atoms with Crippen LogP contribution >= 0.6 is 11.3 Å². The van der Waals surface area contributed by atoms with E-state index >= 15 is 0 Å². The van der Waals surface area contributed by atoms with Crippen LogP contribution < -0.4 is 10.6 Å². The van der Waals surface area contributed by atoms with Crippen molar-refractivity contribution in [2.24, 2.45) is 10.9 Å². The number of nitrogens with zero attached hydrogens (tertiary/aromatic N) is 3. The van der Waals surface area contributed by atoms with Crippen molar-refractivity contribution in [1.82, 2.24) is 20.5 Å². The summed E-state index contributed by atoms with van der Waals surface area (Å²) in [7, 11) is 0. The van der Waals surface area contributed by atoms with Gasteiger partial charge in [0.05, 0.1) is 17.2 Å². The summed E-state index contributed by atoms with van der Waals surface area (Å²) in [6.07, 6.45) is 2.46. The molecular weight excluding hydrogens is 366 g/mol. The van der Waals surface area contributed by atoms with Gasteiger partial charge in [-0.25, -0.2) is 9.98 Å². The minimum atomic E-state index is 0.705. The van der Waals surface area contributed by atoms with Gasteiger partial charge in [-0.2, -0.15) is 0 Å². The van der Waals surface area contributed by atoms with Crippen LogP contribution in [-0.4, -0.2) is 42.0 Å². The van der Waals surface area contributed by atoms with E-state index < -0.39 is 0 Å². The van der Waals surface area contributed by atoms with Gasteiger partial charge in [0.15, 0.2) is 5.96 Å². The molecule has 1 fully saturated rings. The van der Waals surface area contributed by atoms with Gasteiger partial charge in [-0.3, -0.25) is 4.90 Å². The minimum absolute atomic E-state index is 0.705. The number of rotatable bonds is 7. The molecule has 0 bridgehead atoms. The second-order valence-corrected chi connectivity index (χ2v) is 8.70. The van der Waals surface area contributed by atoms with Crippen molar-refractivity contribution < 1.29 is 0 Å². The second kappa shape index (κ2) is 10.6. The summed E-state index contributed by atoms with van der Waals surface area (Å²) in [6, 6.07) is 8.56. The van der Waals surface area contributed by atoms with E-state index in [1.807, 2.05) is 0 Å². The Labute approximate surface area is 173 Å². The van der Waals surface area contributed by atoms with Crippen molar-refractivity contribution >= 4 is 17.3 Å². The number of guanidine groups is 1. The molecule has 0 spiro atoms. The van der Waals surface area contributed by atoms with Gasteiger partial charge in [0.25, 0.3) is 0 Å². The van der Waals surface area contributed by atoms with E-state index in [1.54, 1.807) is 11.3 Å². The lowest BCUT2D eigenvalue weighted by atomic mass is 9.97. The number of nitrogens with one attached hydrogen (secondary N) is 2. The molecule has 2 aromatic rings. The fourth-order valence-corrected chi connectivity index (χ4v) is 4.23. The molecule has 0 unspecified atom stereocenters. The summed E-state index contributed by atoms with van der Waals surface area (Å²) in [6.45, 7) is 12.2. The highest BCUT2D eigenvalue weighted by Crippen LogP contribution is 2.19. The Hall–Kier alpha value is -1.92. The molecule has 0 aliphatic carbocycles. The molecule has 3 rings (SSSR count). The molecule has 152 valence electrons. The third-order valence-electron chi connectivity index (χ3n) is 5.16. The standard InChI is InChI=1S/C22H33N5S/c1-4-23-22(25-14-20-7-5-6-17(2)12-20)24-13-19-8-10-27(11-9-19)15-21-16-28-18(3)26-21/h5-7,12,16,19H,4,8-11,13-15H2,1-3H3,(H2,23,24,25). The summed E-state index contributed by atoms with van der Waals surface area (Å²) < 4.78 is 0. The van der Waals surface area contributed by atoms with Crippen molar-refractivity contribution in [2.75, 3.05) is 26.2 Å². The number of likely N-dealkylation sites (tertiary alicyclic amines) is 1. The topological polar surface area (TPSA) is 52.6 Å². The van der Waals surface area contributed by atoms with Gasteiger partial charge in [0.2, 0.25) is 0 Å². The molecule has 5 nitrogen and oxygen atoms in total. The van der Waals surface area contributed by atoms with E-state index in [2.05, 4.69) is 70.9 Å². The van der Waals surface area contributed by atoms with Gasteiger partial charge in [-0.05, 0) is 58.2 Å². The molecule has 1 aliphatic heterocycles. The zero-order chi connectivity index (χ0) is 19.8. The fraction of sp³-hybridized carbons (Fsp3) is 0.545. The maximum atomic E-state index is 4.76. The highest BCUT2D eigenvalue weighted by Gasteiger charge is 2.20. The molecule has 0 radical (unpaired) electrons. The summed E-state index contributed by atoms with van der Waals surface area (Å²) in [5, 5.41) is 10.3. The molecule has 6 heteroatoms. The molecular formula is C22H33N5S. The van der Waals surface area contributed by atoms with Crippen LogP contribution in [0.2, 0.25) is 0 Å². The van der Waals surface area contributed by atoms with Crippen LogP contribution in [-0.2, 0) is 13.1 Å². The molecule has 1 saturated heterocycles. The zero-order valence-electron chi connectivity index (χ0n) is 17.4. The van der Waals surface area contributed by atoms with Gasteiger partial charge in [0, 0.05) is 25.0 Å². The number of piperidine rings is 1. The minimum Gasteiger partial charge on any atom is -0.357 e. The number of thiazole rings is 1. The number of aromatic nitrogens is 1. The van der Waals surface area contributed by atoms with Gasteiger partial charge in [-0.15, -0.1) is 11.3 Å². The predicted octanol–water partition coefficient (Wildman–Crippen LogP) is 3.73. The van der Waals surface area contributed by atoms with Crippen LogP contribution in [0.15, 0.2) is 34.6 Å². The van der Waals surface area contributed by atoms with Crippen LogP contribution in [0.4, 0.5) is 0 Å². The average molecular weight is 400 g/mol. The first-order valence-corrected chi connectivity index (χ1v) is 11.2. The first kappa shape index (κ1) is 20.8. The Kier molecular flexibility index (Phi) is 7.86. The molecule has 28 heavy (non-hydrogen) atoms. The lowest BCUT2D eigenvalue weighted by Crippen LogP contribution is -2.42. The average Bonchev–Trinajstić information content (AvgIpc) is 3.10. The lowest BCUT2D eigenvalue weighted by Gasteiger charge is -2.31. The molecule has 1 aliphatic rings. The first-order chi connectivity index (χ1) is 13.6. The van der Waals surface area contributed by atoms with Crippen LogP contribution in [0.1, 0.15) is 41.6 Å². The van der Waals surface area contributed by atoms with Crippen molar-refractivity contribution in [1.29, 1.82) is 0 Å². The maximum absolute atomic E-state index is 4.76. The Morgan fingerprint density at radius 1 is 1.25 bits per heavy atom. The van der Waals surface area contributed by atoms with Gasteiger partial charge < -0.3 is 10.6 Å². The summed E-state index contributed by atoms with van der Waals surface area (Å²) in [5.41, 5.74) is 3.75. The molecule has 0 saturated carbocycles. The van der Waals surface area contributed by atoms with Gasteiger partial charge in [0.1, 0.15) is 0 Å². The van der Waals surface area contributed by atoms with E-state index in [1.165, 1.54) is 29.7 Å². The Morgan fingerprint density at radius 3 is 2.75 bits per heavy atom. The Balaban J connectivity index is 1.43. The molecule has 1 aromatic carbocycles. The van der Waals surface area contributed by atoms with E-state index in [9.17, 15) is 0 Å². The van der Waals surface area contributed by atoms with E-state index in [0.29, 0.717) is 12.5 Å². The van der Waals surface area contributed by atoms with Crippen LogP contribution in [0.25, 0.3) is 0 Å². The van der Waals surface area contributed by atoms with Crippen LogP contribution in [0, 0.1) is 19.8 Å². The normalized spacial score (nSPS) is 16.3. The van der Waals surface area contributed by atoms with E-state index in [-0.39, 0.29) is 0 Å². The smallest absolute Gasteiger partial charge is 0.191 e. The molecule has 0 amide bonds. The van der Waals surface area contributed by atoms with Crippen LogP contribution in [0.5, 0.6) is 0 Å². The summed E-state index contributed by atoms with van der Waals surface area (Å²) >= 11 is 1.75. The first-order valence-electron chi connectivity index (χ1n) is 10.3. The largest absolute Gasteiger partial charge is 0.357 e. The third kappa shape index (κ3) is 6.60. The Morgan fingerprint density at radius 2 is 2.07 bits per heavy atom. The Bertz CT molecular complexity index is 762. The van der Waals surface area contributed by atoms with E-state index in [4.69, 9.17) is 4.99 Å². The quantitative estimate of drug-likeness (QED) is 0.550. The number of hydrogen-bond donors (Lipinski definition) is 2. The molecule has 1 aromatic heterocycles.